The number of nitrogens with zero attached hydrogens (tertiary/aromatic N) is 2. The summed E-state index contributed by atoms with van der Waals surface area (Å²) in [6.07, 6.45) is 0.223. The highest BCUT2D eigenvalue weighted by molar-refractivity contribution is 6.00. The topological polar surface area (TPSA) is 65.5 Å². The van der Waals surface area contributed by atoms with Crippen molar-refractivity contribution in [2.24, 2.45) is 0 Å². The highest BCUT2D eigenvalue weighted by atomic mass is 16.3. The van der Waals surface area contributed by atoms with Crippen LogP contribution in [-0.2, 0) is 0 Å². The molecule has 2 heterocycles. The van der Waals surface area contributed by atoms with Crippen molar-refractivity contribution in [2.45, 2.75) is 12.5 Å². The maximum Gasteiger partial charge on any atom is 0.272 e. The van der Waals surface area contributed by atoms with Gasteiger partial charge in [0.15, 0.2) is 0 Å². The fraction of sp³-hybridized carbons (Fsp3) is 0.333. The van der Waals surface area contributed by atoms with Crippen LogP contribution in [-0.4, -0.2) is 47.1 Å². The van der Waals surface area contributed by atoms with Crippen molar-refractivity contribution >= 4 is 22.5 Å². The van der Waals surface area contributed by atoms with Crippen LogP contribution in [0, 0.1) is 0 Å². The molecular weight excluding hydrogens is 254 g/mol. The van der Waals surface area contributed by atoms with Crippen LogP contribution in [0.5, 0.6) is 0 Å². The van der Waals surface area contributed by atoms with Crippen LogP contribution in [0.15, 0.2) is 30.3 Å². The standard InChI is InChI=1S/C15H17N3O2/c1-16-14-12-5-3-2-4-10(12)8-13(17-14)15(20)18-7-6-11(19)9-18/h2-5,8,11,19H,6-7,9H2,1H3,(H,16,17). The third-order valence-corrected chi connectivity index (χ3v) is 3.65. The molecular formula is C15H17N3O2. The molecule has 5 heteroatoms. The second kappa shape index (κ2) is 5.09. The molecule has 0 spiro atoms. The second-order valence-electron chi connectivity index (χ2n) is 5.02. The summed E-state index contributed by atoms with van der Waals surface area (Å²) < 4.78 is 0. The lowest BCUT2D eigenvalue weighted by atomic mass is 10.1. The SMILES string of the molecule is CNc1nc(C(=O)N2CCC(O)C2)cc2ccccc12. The number of benzene rings is 1. The molecule has 1 fully saturated rings. The molecule has 1 amide bonds. The molecule has 2 N–H and O–H groups in total. The predicted octanol–water partition coefficient (Wildman–Crippen LogP) is 1.48. The van der Waals surface area contributed by atoms with Crippen LogP contribution in [0.3, 0.4) is 0 Å². The first-order valence-electron chi connectivity index (χ1n) is 6.74. The maximum atomic E-state index is 12.4. The summed E-state index contributed by atoms with van der Waals surface area (Å²) in [4.78, 5) is 18.5. The number of aliphatic hydroxyl groups is 1. The maximum absolute atomic E-state index is 12.4. The van der Waals surface area contributed by atoms with Crippen molar-refractivity contribution in [2.75, 3.05) is 25.5 Å². The molecule has 1 atom stereocenters. The molecule has 1 unspecified atom stereocenters. The van der Waals surface area contributed by atoms with E-state index >= 15 is 0 Å². The molecule has 1 aromatic carbocycles. The van der Waals surface area contributed by atoms with Crippen LogP contribution in [0.2, 0.25) is 0 Å². The molecule has 0 saturated carbocycles. The van der Waals surface area contributed by atoms with Gasteiger partial charge in [0, 0.05) is 25.5 Å². The molecule has 0 bridgehead atoms. The van der Waals surface area contributed by atoms with Crippen molar-refractivity contribution in [3.63, 3.8) is 0 Å². The van der Waals surface area contributed by atoms with Gasteiger partial charge in [0.1, 0.15) is 11.5 Å². The molecule has 1 saturated heterocycles. The Labute approximate surface area is 117 Å². The molecule has 3 rings (SSSR count). The predicted molar refractivity (Wildman–Crippen MR) is 77.8 cm³/mol. The van der Waals surface area contributed by atoms with E-state index in [0.29, 0.717) is 31.0 Å². The number of carbonyl (C=O) groups excluding carboxylic acids is 1. The van der Waals surface area contributed by atoms with Gasteiger partial charge in [-0.3, -0.25) is 4.79 Å². The lowest BCUT2D eigenvalue weighted by Gasteiger charge is -2.16. The summed E-state index contributed by atoms with van der Waals surface area (Å²) in [5.74, 6) is 0.579. The third-order valence-electron chi connectivity index (χ3n) is 3.65. The van der Waals surface area contributed by atoms with Gasteiger partial charge in [0.2, 0.25) is 0 Å². The lowest BCUT2D eigenvalue weighted by molar-refractivity contribution is 0.0759. The zero-order valence-electron chi connectivity index (χ0n) is 11.3. The van der Waals surface area contributed by atoms with E-state index in [1.54, 1.807) is 11.9 Å². The zero-order valence-corrected chi connectivity index (χ0v) is 11.3. The summed E-state index contributed by atoms with van der Waals surface area (Å²) >= 11 is 0. The van der Waals surface area contributed by atoms with Gasteiger partial charge in [-0.05, 0) is 17.9 Å². The van der Waals surface area contributed by atoms with Crippen LogP contribution in [0.4, 0.5) is 5.82 Å². The Bertz CT molecular complexity index is 657. The fourth-order valence-corrected chi connectivity index (χ4v) is 2.59. The van der Waals surface area contributed by atoms with E-state index in [9.17, 15) is 9.90 Å². The van der Waals surface area contributed by atoms with Gasteiger partial charge in [-0.25, -0.2) is 4.98 Å². The van der Waals surface area contributed by atoms with E-state index in [0.717, 1.165) is 10.8 Å². The monoisotopic (exact) mass is 271 g/mol. The zero-order chi connectivity index (χ0) is 14.1. The molecule has 104 valence electrons. The third kappa shape index (κ3) is 2.20. The van der Waals surface area contributed by atoms with Crippen molar-refractivity contribution in [1.29, 1.82) is 0 Å². The van der Waals surface area contributed by atoms with E-state index in [1.165, 1.54) is 0 Å². The first-order valence-corrected chi connectivity index (χ1v) is 6.74. The van der Waals surface area contributed by atoms with Crippen molar-refractivity contribution < 1.29 is 9.90 Å². The van der Waals surface area contributed by atoms with Crippen molar-refractivity contribution in [1.82, 2.24) is 9.88 Å². The number of aromatic nitrogens is 1. The van der Waals surface area contributed by atoms with E-state index in [-0.39, 0.29) is 5.91 Å². The largest absolute Gasteiger partial charge is 0.391 e. The molecule has 2 aromatic rings. The number of likely N-dealkylation sites (tertiary alicyclic amines) is 1. The average molecular weight is 271 g/mol. The molecule has 5 nitrogen and oxygen atoms in total. The van der Waals surface area contributed by atoms with E-state index in [1.807, 2.05) is 30.3 Å². The number of hydrogen-bond donors (Lipinski definition) is 2. The number of anilines is 1. The highest BCUT2D eigenvalue weighted by Gasteiger charge is 2.26. The summed E-state index contributed by atoms with van der Waals surface area (Å²) in [6, 6.07) is 9.64. The van der Waals surface area contributed by atoms with Crippen LogP contribution in [0.1, 0.15) is 16.9 Å². The van der Waals surface area contributed by atoms with Crippen LogP contribution >= 0.6 is 0 Å². The minimum Gasteiger partial charge on any atom is -0.391 e. The fourth-order valence-electron chi connectivity index (χ4n) is 2.59. The molecule has 1 aliphatic rings. The minimum atomic E-state index is -0.414. The Kier molecular flexibility index (Phi) is 3.28. The number of hydrogen-bond acceptors (Lipinski definition) is 4. The normalized spacial score (nSPS) is 18.5. The van der Waals surface area contributed by atoms with Gasteiger partial charge in [0.05, 0.1) is 6.10 Å². The Hall–Kier alpha value is -2.14. The number of nitrogens with one attached hydrogen (secondary N) is 1. The van der Waals surface area contributed by atoms with Gasteiger partial charge < -0.3 is 15.3 Å². The van der Waals surface area contributed by atoms with Gasteiger partial charge in [-0.1, -0.05) is 24.3 Å². The lowest BCUT2D eigenvalue weighted by Crippen LogP contribution is -2.30. The summed E-state index contributed by atoms with van der Waals surface area (Å²) in [7, 11) is 1.79. The minimum absolute atomic E-state index is 0.121. The number of aliphatic hydroxyl groups excluding tert-OH is 1. The van der Waals surface area contributed by atoms with Crippen molar-refractivity contribution in [3.05, 3.63) is 36.0 Å². The number of carbonyl (C=O) groups is 1. The summed E-state index contributed by atoms with van der Waals surface area (Å²) in [6.45, 7) is 0.978. The van der Waals surface area contributed by atoms with E-state index in [2.05, 4.69) is 10.3 Å². The van der Waals surface area contributed by atoms with Gasteiger partial charge >= 0.3 is 0 Å². The Morgan fingerprint density at radius 3 is 2.95 bits per heavy atom. The Morgan fingerprint density at radius 2 is 2.25 bits per heavy atom. The van der Waals surface area contributed by atoms with E-state index < -0.39 is 6.10 Å². The first kappa shape index (κ1) is 12.9. The Morgan fingerprint density at radius 1 is 1.45 bits per heavy atom. The average Bonchev–Trinajstić information content (AvgIpc) is 2.91. The molecule has 0 radical (unpaired) electrons. The molecule has 1 aromatic heterocycles. The highest BCUT2D eigenvalue weighted by Crippen LogP contribution is 2.23. The quantitative estimate of drug-likeness (QED) is 0.868. The summed E-state index contributed by atoms with van der Waals surface area (Å²) in [5.41, 5.74) is 0.419. The van der Waals surface area contributed by atoms with Gasteiger partial charge in [-0.15, -0.1) is 0 Å². The number of β-amino-alcohol motifs (C(OH)–C–C–N with tert-alkyl or cyclic N) is 1. The Balaban J connectivity index is 2.01. The summed E-state index contributed by atoms with van der Waals surface area (Å²) in [5, 5.41) is 14.5. The molecule has 0 aliphatic carbocycles. The van der Waals surface area contributed by atoms with Crippen LogP contribution < -0.4 is 5.32 Å². The van der Waals surface area contributed by atoms with Crippen LogP contribution in [0.25, 0.3) is 10.8 Å². The van der Waals surface area contributed by atoms with E-state index in [4.69, 9.17) is 0 Å². The molecule has 20 heavy (non-hydrogen) atoms. The van der Waals surface area contributed by atoms with Crippen molar-refractivity contribution in [3.8, 4) is 0 Å². The number of amides is 1. The first-order chi connectivity index (χ1) is 9.69. The number of rotatable bonds is 2. The second-order valence-corrected chi connectivity index (χ2v) is 5.02. The smallest absolute Gasteiger partial charge is 0.272 e. The molecule has 1 aliphatic heterocycles. The number of fused-ring (bicyclic) bond motifs is 1. The van der Waals surface area contributed by atoms with Gasteiger partial charge in [0.25, 0.3) is 5.91 Å². The van der Waals surface area contributed by atoms with Gasteiger partial charge in [-0.2, -0.15) is 0 Å². The number of pyridine rings is 1.